The van der Waals surface area contributed by atoms with E-state index < -0.39 is 0 Å². The zero-order chi connectivity index (χ0) is 14.0. The van der Waals surface area contributed by atoms with E-state index in [1.54, 1.807) is 7.11 Å². The van der Waals surface area contributed by atoms with Crippen molar-refractivity contribution in [3.8, 4) is 5.75 Å². The van der Waals surface area contributed by atoms with E-state index in [4.69, 9.17) is 22.7 Å². The molecule has 1 aromatic carbocycles. The molecule has 104 valence electrons. The van der Waals surface area contributed by atoms with Gasteiger partial charge in [-0.3, -0.25) is 4.90 Å². The van der Waals surface area contributed by atoms with Gasteiger partial charge in [-0.15, -0.1) is 0 Å². The first-order valence-electron chi connectivity index (χ1n) is 6.72. The van der Waals surface area contributed by atoms with Gasteiger partial charge in [0.25, 0.3) is 0 Å². The van der Waals surface area contributed by atoms with Gasteiger partial charge in [-0.25, -0.2) is 0 Å². The van der Waals surface area contributed by atoms with E-state index in [0.717, 1.165) is 30.3 Å². The Hall–Kier alpha value is -1.13. The number of hydrogen-bond acceptors (Lipinski definition) is 3. The van der Waals surface area contributed by atoms with Crippen molar-refractivity contribution < 1.29 is 4.74 Å². The topological polar surface area (TPSA) is 38.5 Å². The van der Waals surface area contributed by atoms with E-state index in [9.17, 15) is 0 Å². The second-order valence-electron chi connectivity index (χ2n) is 5.52. The number of ether oxygens (including phenoxy) is 1. The van der Waals surface area contributed by atoms with Crippen LogP contribution in [0.25, 0.3) is 0 Å². The van der Waals surface area contributed by atoms with Crippen LogP contribution in [0.15, 0.2) is 18.2 Å². The fourth-order valence-electron chi connectivity index (χ4n) is 2.89. The van der Waals surface area contributed by atoms with E-state index >= 15 is 0 Å². The highest BCUT2D eigenvalue weighted by Crippen LogP contribution is 2.26. The molecule has 2 unspecified atom stereocenters. The van der Waals surface area contributed by atoms with Crippen LogP contribution < -0.4 is 10.5 Å². The molecule has 0 aliphatic carbocycles. The number of thiocarbonyl (C=S) groups is 1. The van der Waals surface area contributed by atoms with Gasteiger partial charge in [0.05, 0.1) is 12.7 Å². The molecule has 1 fully saturated rings. The van der Waals surface area contributed by atoms with Crippen LogP contribution in [0.1, 0.15) is 31.4 Å². The monoisotopic (exact) mass is 278 g/mol. The Morgan fingerprint density at radius 3 is 2.74 bits per heavy atom. The minimum atomic E-state index is 0.390. The van der Waals surface area contributed by atoms with Crippen molar-refractivity contribution in [2.45, 2.75) is 32.9 Å². The third kappa shape index (κ3) is 3.25. The normalized spacial score (nSPS) is 23.5. The Morgan fingerprint density at radius 1 is 1.47 bits per heavy atom. The highest BCUT2D eigenvalue weighted by Gasteiger charge is 2.25. The van der Waals surface area contributed by atoms with Gasteiger partial charge in [-0.05, 0) is 37.0 Å². The van der Waals surface area contributed by atoms with Crippen molar-refractivity contribution in [3.05, 3.63) is 29.3 Å². The Morgan fingerprint density at radius 2 is 2.21 bits per heavy atom. The summed E-state index contributed by atoms with van der Waals surface area (Å²) in [6, 6.07) is 6.74. The molecule has 0 aromatic heterocycles. The number of rotatable bonds is 4. The maximum Gasteiger partial charge on any atom is 0.129 e. The molecule has 0 saturated carbocycles. The molecule has 2 N–H and O–H groups in total. The zero-order valence-corrected chi connectivity index (χ0v) is 12.7. The summed E-state index contributed by atoms with van der Waals surface area (Å²) in [4.78, 5) is 2.90. The second-order valence-corrected chi connectivity index (χ2v) is 5.96. The maximum absolute atomic E-state index is 5.75. The van der Waals surface area contributed by atoms with E-state index in [-0.39, 0.29) is 0 Å². The third-order valence-corrected chi connectivity index (χ3v) is 4.05. The van der Waals surface area contributed by atoms with Crippen molar-refractivity contribution >= 4 is 17.2 Å². The molecule has 0 bridgehead atoms. The lowest BCUT2D eigenvalue weighted by Gasteiger charge is -2.21. The molecular weight excluding hydrogens is 256 g/mol. The molecule has 1 saturated heterocycles. The lowest BCUT2D eigenvalue weighted by molar-refractivity contribution is 0.256. The van der Waals surface area contributed by atoms with Crippen molar-refractivity contribution in [2.24, 2.45) is 11.7 Å². The van der Waals surface area contributed by atoms with Crippen LogP contribution in [-0.4, -0.2) is 29.6 Å². The van der Waals surface area contributed by atoms with E-state index in [0.29, 0.717) is 11.0 Å². The van der Waals surface area contributed by atoms with Gasteiger partial charge in [0.15, 0.2) is 0 Å². The van der Waals surface area contributed by atoms with E-state index in [2.05, 4.69) is 30.9 Å². The second kappa shape index (κ2) is 5.88. The molecule has 0 amide bonds. The Bertz CT molecular complexity index is 475. The highest BCUT2D eigenvalue weighted by atomic mass is 32.1. The summed E-state index contributed by atoms with van der Waals surface area (Å²) in [6.45, 7) is 6.72. The fourth-order valence-corrected chi connectivity index (χ4v) is 3.05. The summed E-state index contributed by atoms with van der Waals surface area (Å²) >= 11 is 5.08. The summed E-state index contributed by atoms with van der Waals surface area (Å²) < 4.78 is 5.29. The van der Waals surface area contributed by atoms with Crippen LogP contribution in [0.2, 0.25) is 0 Å². The lowest BCUT2D eigenvalue weighted by atomic mass is 10.1. The molecule has 1 aromatic rings. The van der Waals surface area contributed by atoms with Gasteiger partial charge in [0, 0.05) is 19.1 Å². The van der Waals surface area contributed by atoms with Crippen LogP contribution >= 0.6 is 12.2 Å². The predicted molar refractivity (Wildman–Crippen MR) is 82.5 cm³/mol. The van der Waals surface area contributed by atoms with E-state index in [1.165, 1.54) is 12.0 Å². The molecule has 1 heterocycles. The summed E-state index contributed by atoms with van der Waals surface area (Å²) in [5.74, 6) is 1.53. The highest BCUT2D eigenvalue weighted by molar-refractivity contribution is 7.80. The molecule has 4 heteroatoms. The molecular formula is C15H22N2OS. The molecule has 0 spiro atoms. The van der Waals surface area contributed by atoms with Crippen molar-refractivity contribution in [3.63, 3.8) is 0 Å². The first kappa shape index (κ1) is 14.3. The first-order valence-corrected chi connectivity index (χ1v) is 7.13. The molecule has 2 atom stereocenters. The Labute approximate surface area is 120 Å². The number of benzene rings is 1. The number of likely N-dealkylation sites (tertiary alicyclic amines) is 1. The van der Waals surface area contributed by atoms with E-state index in [1.807, 2.05) is 6.07 Å². The molecule has 2 rings (SSSR count). The van der Waals surface area contributed by atoms with Gasteiger partial charge in [-0.1, -0.05) is 25.2 Å². The zero-order valence-electron chi connectivity index (χ0n) is 11.8. The van der Waals surface area contributed by atoms with Crippen LogP contribution in [-0.2, 0) is 6.54 Å². The molecule has 1 aliphatic heterocycles. The number of methoxy groups -OCH3 is 1. The van der Waals surface area contributed by atoms with Crippen molar-refractivity contribution in [1.29, 1.82) is 0 Å². The predicted octanol–water partition coefficient (Wildman–Crippen LogP) is 2.56. The quantitative estimate of drug-likeness (QED) is 0.859. The smallest absolute Gasteiger partial charge is 0.129 e. The summed E-state index contributed by atoms with van der Waals surface area (Å²) in [7, 11) is 1.64. The Balaban J connectivity index is 2.17. The molecule has 1 aliphatic rings. The van der Waals surface area contributed by atoms with Gasteiger partial charge in [0.1, 0.15) is 10.7 Å². The molecule has 0 radical (unpaired) electrons. The van der Waals surface area contributed by atoms with Crippen LogP contribution in [0, 0.1) is 5.92 Å². The minimum Gasteiger partial charge on any atom is -0.496 e. The van der Waals surface area contributed by atoms with Gasteiger partial charge < -0.3 is 10.5 Å². The summed E-state index contributed by atoms with van der Waals surface area (Å²) in [5, 5.41) is 0. The molecule has 3 nitrogen and oxygen atoms in total. The lowest BCUT2D eigenvalue weighted by Crippen LogP contribution is -2.26. The molecule has 19 heavy (non-hydrogen) atoms. The van der Waals surface area contributed by atoms with Crippen molar-refractivity contribution in [1.82, 2.24) is 4.90 Å². The van der Waals surface area contributed by atoms with Crippen LogP contribution in [0.3, 0.4) is 0 Å². The number of nitrogens with two attached hydrogens (primary N) is 1. The third-order valence-electron chi connectivity index (χ3n) is 3.83. The summed E-state index contributed by atoms with van der Waals surface area (Å²) in [6.07, 6.45) is 1.28. The largest absolute Gasteiger partial charge is 0.496 e. The standard InChI is InChI=1S/C15H22N2OS/c1-10-6-11(2)17(8-10)9-12-4-5-14(18-3)13(7-12)15(16)19/h4-5,7,10-11H,6,8-9H2,1-3H3,(H2,16,19). The summed E-state index contributed by atoms with van der Waals surface area (Å²) in [5.41, 5.74) is 7.82. The maximum atomic E-state index is 5.75. The first-order chi connectivity index (χ1) is 9.01. The van der Waals surface area contributed by atoms with Crippen LogP contribution in [0.4, 0.5) is 0 Å². The van der Waals surface area contributed by atoms with Crippen molar-refractivity contribution in [2.75, 3.05) is 13.7 Å². The SMILES string of the molecule is COc1ccc(CN2CC(C)CC2C)cc1C(N)=S. The van der Waals surface area contributed by atoms with Gasteiger partial charge in [0.2, 0.25) is 0 Å². The number of hydrogen-bond donors (Lipinski definition) is 1. The van der Waals surface area contributed by atoms with Crippen LogP contribution in [0.5, 0.6) is 5.75 Å². The van der Waals surface area contributed by atoms with Gasteiger partial charge >= 0.3 is 0 Å². The average molecular weight is 278 g/mol. The number of nitrogens with zero attached hydrogens (tertiary/aromatic N) is 1. The fraction of sp³-hybridized carbons (Fsp3) is 0.533. The Kier molecular flexibility index (Phi) is 4.42. The average Bonchev–Trinajstić information content (AvgIpc) is 2.67. The minimum absolute atomic E-state index is 0.390. The van der Waals surface area contributed by atoms with Gasteiger partial charge in [-0.2, -0.15) is 0 Å².